The van der Waals surface area contributed by atoms with E-state index in [0.29, 0.717) is 12.5 Å². The van der Waals surface area contributed by atoms with Gasteiger partial charge in [-0.25, -0.2) is 19.6 Å². The highest BCUT2D eigenvalue weighted by molar-refractivity contribution is 7.09. The van der Waals surface area contributed by atoms with E-state index in [0.717, 1.165) is 55.9 Å². The van der Waals surface area contributed by atoms with Crippen molar-refractivity contribution in [2.75, 3.05) is 33.4 Å². The minimum absolute atomic E-state index is 0.446. The Morgan fingerprint density at radius 1 is 1.14 bits per heavy atom. The highest BCUT2D eigenvalue weighted by Crippen LogP contribution is 2.17. The molecule has 210 valence electrons. The standard InChI is InChI=1S/C16H24N4O2S.2C2HF3O2/c1-13-18-15(12-23-13)11-22-10-14-7-19(5-6-21-2)9-16-17-3-4-20(16)8-14;2*3-2(4,5)1(6)7/h3-4,12,14H,5-11H2,1-2H3;2*(H,6,7). The molecule has 10 nitrogen and oxygen atoms in total. The van der Waals surface area contributed by atoms with E-state index in [1.165, 1.54) is 0 Å². The van der Waals surface area contributed by atoms with Crippen molar-refractivity contribution in [2.24, 2.45) is 5.92 Å². The monoisotopic (exact) mass is 564 g/mol. The van der Waals surface area contributed by atoms with Crippen LogP contribution in [0, 0.1) is 12.8 Å². The lowest BCUT2D eigenvalue weighted by Crippen LogP contribution is -2.32. The van der Waals surface area contributed by atoms with Crippen LogP contribution < -0.4 is 0 Å². The minimum Gasteiger partial charge on any atom is -0.475 e. The number of carboxylic acid groups (broad SMARTS) is 2. The van der Waals surface area contributed by atoms with E-state index >= 15 is 0 Å². The van der Waals surface area contributed by atoms with Crippen molar-refractivity contribution in [2.45, 2.75) is 39.0 Å². The van der Waals surface area contributed by atoms with Gasteiger partial charge in [0.1, 0.15) is 5.82 Å². The zero-order valence-electron chi connectivity index (χ0n) is 19.8. The van der Waals surface area contributed by atoms with Gasteiger partial charge < -0.3 is 24.3 Å². The lowest BCUT2D eigenvalue weighted by Gasteiger charge is -2.23. The summed E-state index contributed by atoms with van der Waals surface area (Å²) in [4.78, 5) is 29.1. The van der Waals surface area contributed by atoms with Crippen LogP contribution in [0.5, 0.6) is 0 Å². The molecule has 0 amide bonds. The van der Waals surface area contributed by atoms with Crippen LogP contribution in [0.3, 0.4) is 0 Å². The van der Waals surface area contributed by atoms with Crippen molar-refractivity contribution in [1.29, 1.82) is 0 Å². The summed E-state index contributed by atoms with van der Waals surface area (Å²) in [6, 6.07) is 0. The summed E-state index contributed by atoms with van der Waals surface area (Å²) in [5, 5.41) is 17.4. The molecule has 2 N–H and O–H groups in total. The fraction of sp³-hybridized carbons (Fsp3) is 0.600. The predicted octanol–water partition coefficient (Wildman–Crippen LogP) is 3.21. The maximum absolute atomic E-state index is 10.6. The number of fused-ring (bicyclic) bond motifs is 1. The van der Waals surface area contributed by atoms with Crippen molar-refractivity contribution >= 4 is 23.3 Å². The van der Waals surface area contributed by atoms with Crippen molar-refractivity contribution in [3.8, 4) is 0 Å². The van der Waals surface area contributed by atoms with E-state index in [9.17, 15) is 26.3 Å². The summed E-state index contributed by atoms with van der Waals surface area (Å²) in [6.07, 6.45) is -6.23. The lowest BCUT2D eigenvalue weighted by atomic mass is 10.1. The molecule has 1 unspecified atom stereocenters. The number of carboxylic acids is 2. The molecule has 17 heteroatoms. The van der Waals surface area contributed by atoms with E-state index in [1.54, 1.807) is 18.4 Å². The number of alkyl halides is 6. The first-order valence-electron chi connectivity index (χ1n) is 10.4. The van der Waals surface area contributed by atoms with Crippen LogP contribution >= 0.6 is 11.3 Å². The Kier molecular flexibility index (Phi) is 12.9. The molecule has 0 aliphatic carbocycles. The maximum atomic E-state index is 10.6. The molecule has 0 saturated carbocycles. The summed E-state index contributed by atoms with van der Waals surface area (Å²) in [6.45, 7) is 7.84. The number of hydrogen-bond donors (Lipinski definition) is 2. The Balaban J connectivity index is 0.000000404. The molecule has 2 aromatic rings. The third-order valence-corrected chi connectivity index (χ3v) is 5.33. The first-order valence-corrected chi connectivity index (χ1v) is 11.3. The number of halogens is 6. The summed E-state index contributed by atoms with van der Waals surface area (Å²) in [5.41, 5.74) is 1.03. The summed E-state index contributed by atoms with van der Waals surface area (Å²) in [5.74, 6) is -3.94. The highest BCUT2D eigenvalue weighted by atomic mass is 32.1. The molecule has 0 radical (unpaired) electrons. The molecule has 0 aromatic carbocycles. The van der Waals surface area contributed by atoms with E-state index in [2.05, 4.69) is 31.0 Å². The number of thiazole rings is 1. The second-order valence-corrected chi connectivity index (χ2v) is 8.63. The number of hydrogen-bond acceptors (Lipinski definition) is 8. The van der Waals surface area contributed by atoms with Gasteiger partial charge in [0.25, 0.3) is 0 Å². The number of aryl methyl sites for hydroxylation is 1. The van der Waals surface area contributed by atoms with Crippen LogP contribution in [0.4, 0.5) is 26.3 Å². The second-order valence-electron chi connectivity index (χ2n) is 7.57. The van der Waals surface area contributed by atoms with E-state index < -0.39 is 24.3 Å². The van der Waals surface area contributed by atoms with Crippen LogP contribution in [0.1, 0.15) is 16.5 Å². The normalized spacial score (nSPS) is 15.9. The SMILES string of the molecule is COCCN1Cc2nccn2CC(COCc2csc(C)n2)C1.O=C(O)C(F)(F)F.O=C(O)C(F)(F)F. The van der Waals surface area contributed by atoms with Crippen LogP contribution in [-0.2, 0) is 38.8 Å². The molecular weight excluding hydrogens is 538 g/mol. The predicted molar refractivity (Wildman–Crippen MR) is 117 cm³/mol. The molecule has 2 aromatic heterocycles. The van der Waals surface area contributed by atoms with Crippen molar-refractivity contribution in [1.82, 2.24) is 19.4 Å². The van der Waals surface area contributed by atoms with Crippen LogP contribution in [-0.4, -0.2) is 87.4 Å². The first-order chi connectivity index (χ1) is 17.1. The van der Waals surface area contributed by atoms with Gasteiger partial charge in [0.2, 0.25) is 0 Å². The fourth-order valence-corrected chi connectivity index (χ4v) is 3.52. The topological polar surface area (TPSA) is 127 Å². The van der Waals surface area contributed by atoms with Gasteiger partial charge in [-0.1, -0.05) is 0 Å². The lowest BCUT2D eigenvalue weighted by molar-refractivity contribution is -0.193. The summed E-state index contributed by atoms with van der Waals surface area (Å²) in [7, 11) is 1.75. The van der Waals surface area contributed by atoms with E-state index in [4.69, 9.17) is 29.3 Å². The first kappa shape index (κ1) is 32.3. The smallest absolute Gasteiger partial charge is 0.475 e. The van der Waals surface area contributed by atoms with Gasteiger partial charge in [0.05, 0.1) is 37.1 Å². The molecule has 1 atom stereocenters. The zero-order chi connectivity index (χ0) is 28.2. The molecule has 37 heavy (non-hydrogen) atoms. The Labute approximate surface area is 211 Å². The molecule has 0 fully saturated rings. The highest BCUT2D eigenvalue weighted by Gasteiger charge is 2.38. The van der Waals surface area contributed by atoms with Gasteiger partial charge >= 0.3 is 24.3 Å². The van der Waals surface area contributed by atoms with E-state index in [1.807, 2.05) is 13.1 Å². The van der Waals surface area contributed by atoms with Crippen LogP contribution in [0.2, 0.25) is 0 Å². The van der Waals surface area contributed by atoms with Gasteiger partial charge in [0, 0.05) is 50.4 Å². The third-order valence-electron chi connectivity index (χ3n) is 4.50. The van der Waals surface area contributed by atoms with Crippen LogP contribution in [0.25, 0.3) is 0 Å². The Hall–Kier alpha value is -2.76. The number of rotatable bonds is 7. The largest absolute Gasteiger partial charge is 0.490 e. The Morgan fingerprint density at radius 2 is 1.73 bits per heavy atom. The zero-order valence-corrected chi connectivity index (χ0v) is 20.6. The molecule has 0 spiro atoms. The van der Waals surface area contributed by atoms with Crippen molar-refractivity contribution in [3.05, 3.63) is 34.3 Å². The number of nitrogens with zero attached hydrogens (tertiary/aromatic N) is 4. The molecular formula is C20H26F6N4O6S. The average Bonchev–Trinajstić information content (AvgIpc) is 3.36. The van der Waals surface area contributed by atoms with Crippen molar-refractivity contribution in [3.63, 3.8) is 0 Å². The Morgan fingerprint density at radius 3 is 2.22 bits per heavy atom. The average molecular weight is 565 g/mol. The minimum atomic E-state index is -5.08. The molecule has 1 aliphatic rings. The molecule has 3 rings (SSSR count). The van der Waals surface area contributed by atoms with Gasteiger partial charge in [-0.2, -0.15) is 26.3 Å². The van der Waals surface area contributed by atoms with Crippen molar-refractivity contribution < 1.29 is 55.6 Å². The number of carbonyl (C=O) groups is 2. The van der Waals surface area contributed by atoms with Crippen LogP contribution in [0.15, 0.2) is 17.8 Å². The van der Waals surface area contributed by atoms with Gasteiger partial charge in [-0.3, -0.25) is 4.90 Å². The second kappa shape index (κ2) is 14.8. The molecule has 0 bridgehead atoms. The molecule has 0 saturated heterocycles. The molecule has 3 heterocycles. The van der Waals surface area contributed by atoms with Gasteiger partial charge in [-0.05, 0) is 6.92 Å². The number of ether oxygens (including phenoxy) is 2. The quantitative estimate of drug-likeness (QED) is 0.488. The van der Waals surface area contributed by atoms with Gasteiger partial charge in [-0.15, -0.1) is 11.3 Å². The van der Waals surface area contributed by atoms with E-state index in [-0.39, 0.29) is 0 Å². The number of aromatic nitrogens is 3. The third kappa shape index (κ3) is 12.9. The number of imidazole rings is 1. The summed E-state index contributed by atoms with van der Waals surface area (Å²) < 4.78 is 76.9. The summed E-state index contributed by atoms with van der Waals surface area (Å²) >= 11 is 1.67. The maximum Gasteiger partial charge on any atom is 0.490 e. The Bertz CT molecular complexity index is 957. The van der Waals surface area contributed by atoms with Gasteiger partial charge in [0.15, 0.2) is 0 Å². The fourth-order valence-electron chi connectivity index (χ4n) is 2.92. The molecule has 1 aliphatic heterocycles. The number of methoxy groups -OCH3 is 1. The number of aliphatic carboxylic acids is 2.